The van der Waals surface area contributed by atoms with Crippen LogP contribution in [0.15, 0.2) is 77.9 Å². The Balaban J connectivity index is 1.49. The average molecular weight is 451 g/mol. The van der Waals surface area contributed by atoms with Gasteiger partial charge in [-0.2, -0.15) is 5.10 Å². The molecule has 6 nitrogen and oxygen atoms in total. The highest BCUT2D eigenvalue weighted by atomic mass is 35.5. The molecule has 3 aromatic carbocycles. The van der Waals surface area contributed by atoms with Crippen LogP contribution in [-0.2, 0) is 0 Å². The number of esters is 1. The fraction of sp³-hybridized carbons (Fsp3) is 0. The van der Waals surface area contributed by atoms with Crippen molar-refractivity contribution in [2.24, 2.45) is 5.10 Å². The molecule has 154 valence electrons. The number of aromatic hydroxyl groups is 1. The highest BCUT2D eigenvalue weighted by Gasteiger charge is 2.19. The summed E-state index contributed by atoms with van der Waals surface area (Å²) in [5.41, 5.74) is 3.24. The number of ether oxygens (including phenoxy) is 1. The van der Waals surface area contributed by atoms with E-state index in [2.05, 4.69) is 10.5 Å². The van der Waals surface area contributed by atoms with Crippen molar-refractivity contribution in [1.29, 1.82) is 0 Å². The standard InChI is InChI=1S/C23H15ClN2O4S/c24-20-17-6-2-4-8-19(17)31-21(20)23(29)30-18-7-3-1-5-15(18)13-25-26-22(28)14-9-11-16(27)12-10-14/h1-13,27H,(H,26,28). The van der Waals surface area contributed by atoms with E-state index in [1.54, 1.807) is 24.3 Å². The minimum absolute atomic E-state index is 0.0644. The Morgan fingerprint density at radius 2 is 1.71 bits per heavy atom. The van der Waals surface area contributed by atoms with Crippen LogP contribution in [-0.4, -0.2) is 23.2 Å². The zero-order valence-corrected chi connectivity index (χ0v) is 17.5. The Bertz CT molecular complexity index is 1300. The van der Waals surface area contributed by atoms with Crippen LogP contribution < -0.4 is 10.2 Å². The molecule has 0 aliphatic heterocycles. The predicted molar refractivity (Wildman–Crippen MR) is 121 cm³/mol. The number of nitrogens with one attached hydrogen (secondary N) is 1. The molecule has 0 fully saturated rings. The monoisotopic (exact) mass is 450 g/mol. The second-order valence-corrected chi connectivity index (χ2v) is 7.84. The number of fused-ring (bicyclic) bond motifs is 1. The van der Waals surface area contributed by atoms with E-state index < -0.39 is 11.9 Å². The average Bonchev–Trinajstić information content (AvgIpc) is 3.12. The number of halogens is 1. The molecule has 0 saturated heterocycles. The van der Waals surface area contributed by atoms with Crippen molar-refractivity contribution < 1.29 is 19.4 Å². The number of thiophene rings is 1. The Morgan fingerprint density at radius 3 is 2.48 bits per heavy atom. The molecule has 1 aromatic heterocycles. The Labute approximate surface area is 186 Å². The van der Waals surface area contributed by atoms with E-state index in [-0.39, 0.29) is 11.5 Å². The lowest BCUT2D eigenvalue weighted by molar-refractivity contribution is 0.0739. The normalized spacial score (nSPS) is 11.0. The Hall–Kier alpha value is -3.68. The van der Waals surface area contributed by atoms with Gasteiger partial charge in [0.25, 0.3) is 5.91 Å². The fourth-order valence-corrected chi connectivity index (χ4v) is 4.19. The van der Waals surface area contributed by atoms with E-state index in [0.717, 1.165) is 10.1 Å². The van der Waals surface area contributed by atoms with Gasteiger partial charge >= 0.3 is 5.97 Å². The third kappa shape index (κ3) is 4.58. The number of rotatable bonds is 5. The largest absolute Gasteiger partial charge is 0.508 e. The smallest absolute Gasteiger partial charge is 0.355 e. The summed E-state index contributed by atoms with van der Waals surface area (Å²) in [5.74, 6) is -0.666. The lowest BCUT2D eigenvalue weighted by Gasteiger charge is -2.06. The number of hydrazone groups is 1. The van der Waals surface area contributed by atoms with Crippen LogP contribution in [0.1, 0.15) is 25.6 Å². The number of carbonyl (C=O) groups excluding carboxylic acids is 2. The third-order valence-corrected chi connectivity index (χ3v) is 6.00. The molecule has 0 bridgehead atoms. The molecular formula is C23H15ClN2O4S. The number of benzene rings is 3. The molecule has 31 heavy (non-hydrogen) atoms. The molecule has 2 N–H and O–H groups in total. The summed E-state index contributed by atoms with van der Waals surface area (Å²) in [6.45, 7) is 0. The number of para-hydroxylation sites is 1. The van der Waals surface area contributed by atoms with Crippen LogP contribution in [0.2, 0.25) is 5.02 Å². The maximum absolute atomic E-state index is 12.7. The summed E-state index contributed by atoms with van der Waals surface area (Å²) >= 11 is 7.63. The molecule has 1 heterocycles. The first kappa shape index (κ1) is 20.6. The highest BCUT2D eigenvalue weighted by Crippen LogP contribution is 2.36. The fourth-order valence-electron chi connectivity index (χ4n) is 2.81. The molecule has 0 aliphatic rings. The summed E-state index contributed by atoms with van der Waals surface area (Å²) in [6.07, 6.45) is 1.38. The van der Waals surface area contributed by atoms with Gasteiger partial charge < -0.3 is 9.84 Å². The molecule has 0 aliphatic carbocycles. The molecule has 0 radical (unpaired) electrons. The maximum Gasteiger partial charge on any atom is 0.355 e. The lowest BCUT2D eigenvalue weighted by Crippen LogP contribution is -2.17. The summed E-state index contributed by atoms with van der Waals surface area (Å²) in [6, 6.07) is 20.1. The van der Waals surface area contributed by atoms with Gasteiger partial charge in [0.1, 0.15) is 16.4 Å². The van der Waals surface area contributed by atoms with Gasteiger partial charge in [0, 0.05) is 21.2 Å². The topological polar surface area (TPSA) is 88.0 Å². The molecule has 4 rings (SSSR count). The van der Waals surface area contributed by atoms with Crippen LogP contribution >= 0.6 is 22.9 Å². The van der Waals surface area contributed by atoms with Gasteiger partial charge in [0.2, 0.25) is 0 Å². The van der Waals surface area contributed by atoms with Gasteiger partial charge in [0.15, 0.2) is 0 Å². The predicted octanol–water partition coefficient (Wildman–Crippen LogP) is 5.24. The number of phenols is 1. The van der Waals surface area contributed by atoms with Crippen molar-refractivity contribution in [1.82, 2.24) is 5.43 Å². The van der Waals surface area contributed by atoms with Gasteiger partial charge in [-0.3, -0.25) is 4.79 Å². The number of hydrogen-bond acceptors (Lipinski definition) is 6. The van der Waals surface area contributed by atoms with Crippen LogP contribution in [0.25, 0.3) is 10.1 Å². The van der Waals surface area contributed by atoms with Gasteiger partial charge in [-0.25, -0.2) is 10.2 Å². The van der Waals surface area contributed by atoms with Crippen molar-refractivity contribution in [3.8, 4) is 11.5 Å². The van der Waals surface area contributed by atoms with Crippen molar-refractivity contribution >= 4 is 51.1 Å². The van der Waals surface area contributed by atoms with E-state index in [1.807, 2.05) is 24.3 Å². The number of amides is 1. The second-order valence-electron chi connectivity index (χ2n) is 6.41. The minimum Gasteiger partial charge on any atom is -0.508 e. The lowest BCUT2D eigenvalue weighted by atomic mass is 10.2. The van der Waals surface area contributed by atoms with Crippen LogP contribution in [0, 0.1) is 0 Å². The van der Waals surface area contributed by atoms with E-state index in [1.165, 1.54) is 41.8 Å². The molecule has 4 aromatic rings. The van der Waals surface area contributed by atoms with Crippen molar-refractivity contribution in [2.45, 2.75) is 0 Å². The van der Waals surface area contributed by atoms with Crippen molar-refractivity contribution in [3.63, 3.8) is 0 Å². The summed E-state index contributed by atoms with van der Waals surface area (Å²) in [7, 11) is 0. The van der Waals surface area contributed by atoms with E-state index >= 15 is 0 Å². The first-order chi connectivity index (χ1) is 15.0. The van der Waals surface area contributed by atoms with Crippen LogP contribution in [0.5, 0.6) is 11.5 Å². The first-order valence-corrected chi connectivity index (χ1v) is 10.3. The first-order valence-electron chi connectivity index (χ1n) is 9.13. The molecule has 0 unspecified atom stereocenters. The molecule has 0 atom stereocenters. The summed E-state index contributed by atoms with van der Waals surface area (Å²) in [5, 5.41) is 14.4. The Morgan fingerprint density at radius 1 is 1.00 bits per heavy atom. The van der Waals surface area contributed by atoms with E-state index in [0.29, 0.717) is 21.0 Å². The van der Waals surface area contributed by atoms with Gasteiger partial charge in [0.05, 0.1) is 11.2 Å². The van der Waals surface area contributed by atoms with Gasteiger partial charge in [-0.05, 0) is 42.5 Å². The minimum atomic E-state index is -0.569. The molecule has 1 amide bonds. The van der Waals surface area contributed by atoms with E-state index in [9.17, 15) is 14.7 Å². The zero-order valence-electron chi connectivity index (χ0n) is 15.9. The zero-order chi connectivity index (χ0) is 21.8. The van der Waals surface area contributed by atoms with Crippen molar-refractivity contribution in [3.05, 3.63) is 93.8 Å². The summed E-state index contributed by atoms with van der Waals surface area (Å²) < 4.78 is 6.45. The SMILES string of the molecule is O=C(NN=Cc1ccccc1OC(=O)c1sc2ccccc2c1Cl)c1ccc(O)cc1. The number of hydrogen-bond donors (Lipinski definition) is 2. The highest BCUT2D eigenvalue weighted by molar-refractivity contribution is 7.21. The number of nitrogens with zero attached hydrogens (tertiary/aromatic N) is 1. The van der Waals surface area contributed by atoms with Crippen molar-refractivity contribution in [2.75, 3.05) is 0 Å². The van der Waals surface area contributed by atoms with Gasteiger partial charge in [-0.1, -0.05) is 41.9 Å². The summed E-state index contributed by atoms with van der Waals surface area (Å²) in [4.78, 5) is 25.1. The van der Waals surface area contributed by atoms with Crippen LogP contribution in [0.3, 0.4) is 0 Å². The second kappa shape index (κ2) is 8.99. The Kier molecular flexibility index (Phi) is 5.97. The third-order valence-electron chi connectivity index (χ3n) is 4.34. The molecular weight excluding hydrogens is 436 g/mol. The maximum atomic E-state index is 12.7. The molecule has 0 saturated carbocycles. The quantitative estimate of drug-likeness (QED) is 0.188. The van der Waals surface area contributed by atoms with Crippen LogP contribution in [0.4, 0.5) is 0 Å². The molecule has 8 heteroatoms. The van der Waals surface area contributed by atoms with Gasteiger partial charge in [-0.15, -0.1) is 11.3 Å². The number of phenolic OH excluding ortho intramolecular Hbond substituents is 1. The number of carbonyl (C=O) groups is 2. The van der Waals surface area contributed by atoms with E-state index in [4.69, 9.17) is 16.3 Å². The molecule has 0 spiro atoms.